The van der Waals surface area contributed by atoms with E-state index in [1.807, 2.05) is 19.1 Å². The van der Waals surface area contributed by atoms with Gasteiger partial charge in [-0.2, -0.15) is 4.31 Å². The number of carbonyl (C=O) groups excluding carboxylic acids is 2. The van der Waals surface area contributed by atoms with Crippen LogP contribution in [-0.2, 0) is 19.6 Å². The first-order valence-corrected chi connectivity index (χ1v) is 12.4. The highest BCUT2D eigenvalue weighted by molar-refractivity contribution is 7.89. The van der Waals surface area contributed by atoms with Crippen molar-refractivity contribution in [3.63, 3.8) is 0 Å². The van der Waals surface area contributed by atoms with Crippen LogP contribution in [0.5, 0.6) is 11.5 Å². The van der Waals surface area contributed by atoms with E-state index in [4.69, 9.17) is 9.47 Å². The van der Waals surface area contributed by atoms with Gasteiger partial charge in [0.2, 0.25) is 15.9 Å². The van der Waals surface area contributed by atoms with E-state index in [2.05, 4.69) is 10.6 Å². The first kappa shape index (κ1) is 23.1. The third kappa shape index (κ3) is 4.81. The fraction of sp³-hybridized carbons (Fsp3) is 0.391. The van der Waals surface area contributed by atoms with E-state index >= 15 is 0 Å². The summed E-state index contributed by atoms with van der Waals surface area (Å²) in [6, 6.07) is 11.7. The smallest absolute Gasteiger partial charge is 0.265 e. The normalized spacial score (nSPS) is 19.2. The van der Waals surface area contributed by atoms with E-state index in [0.717, 1.165) is 0 Å². The molecule has 4 rings (SSSR count). The molecule has 33 heavy (non-hydrogen) atoms. The first-order chi connectivity index (χ1) is 15.8. The lowest BCUT2D eigenvalue weighted by molar-refractivity contribution is -0.123. The summed E-state index contributed by atoms with van der Waals surface area (Å²) >= 11 is 0. The molecule has 0 spiro atoms. The molecule has 1 atom stereocenters. The van der Waals surface area contributed by atoms with Gasteiger partial charge in [0, 0.05) is 19.0 Å². The fourth-order valence-corrected chi connectivity index (χ4v) is 5.44. The molecule has 2 N–H and O–H groups in total. The molecule has 2 aliphatic rings. The summed E-state index contributed by atoms with van der Waals surface area (Å²) < 4.78 is 38.7. The molecule has 0 saturated carbocycles. The standard InChI is InChI=1S/C23H27N3O6S/c1-3-31-20-7-5-4-6-18(20)24-23(28)16-10-12-26(13-11-16)33(29,30)17-8-9-21-19(14-17)25-22(27)15(2)32-21/h4-9,14-16H,3,10-13H2,1-2H3,(H,24,28)(H,25,27)/t15-/m1/s1. The Kier molecular flexibility index (Phi) is 6.57. The van der Waals surface area contributed by atoms with Crippen LogP contribution in [0, 0.1) is 5.92 Å². The van der Waals surface area contributed by atoms with Gasteiger partial charge in [-0.3, -0.25) is 9.59 Å². The number of carbonyl (C=O) groups is 2. The van der Waals surface area contributed by atoms with Crippen molar-refractivity contribution < 1.29 is 27.5 Å². The topological polar surface area (TPSA) is 114 Å². The van der Waals surface area contributed by atoms with Crippen LogP contribution < -0.4 is 20.1 Å². The van der Waals surface area contributed by atoms with Crippen molar-refractivity contribution in [2.24, 2.45) is 5.92 Å². The Balaban J connectivity index is 1.41. The number of anilines is 2. The number of benzene rings is 2. The summed E-state index contributed by atoms with van der Waals surface area (Å²) in [5, 5.41) is 5.58. The lowest BCUT2D eigenvalue weighted by atomic mass is 9.97. The van der Waals surface area contributed by atoms with Crippen molar-refractivity contribution in [1.29, 1.82) is 0 Å². The molecule has 10 heteroatoms. The zero-order chi connectivity index (χ0) is 23.6. The molecule has 1 fully saturated rings. The average molecular weight is 474 g/mol. The minimum Gasteiger partial charge on any atom is -0.492 e. The summed E-state index contributed by atoms with van der Waals surface area (Å²) in [4.78, 5) is 24.7. The molecule has 2 aromatic rings. The second-order valence-electron chi connectivity index (χ2n) is 8.00. The minimum atomic E-state index is -3.77. The van der Waals surface area contributed by atoms with Gasteiger partial charge >= 0.3 is 0 Å². The Bertz CT molecular complexity index is 1160. The second kappa shape index (κ2) is 9.40. The Labute approximate surface area is 193 Å². The number of para-hydroxylation sites is 2. The summed E-state index contributed by atoms with van der Waals surface area (Å²) in [6.07, 6.45) is 0.180. The van der Waals surface area contributed by atoms with Crippen LogP contribution in [0.1, 0.15) is 26.7 Å². The first-order valence-electron chi connectivity index (χ1n) is 10.9. The molecule has 0 bridgehead atoms. The molecule has 176 valence electrons. The van der Waals surface area contributed by atoms with Gasteiger partial charge in [0.05, 0.1) is 22.9 Å². The van der Waals surface area contributed by atoms with Crippen LogP contribution in [0.2, 0.25) is 0 Å². The van der Waals surface area contributed by atoms with Crippen molar-refractivity contribution in [2.75, 3.05) is 30.3 Å². The zero-order valence-electron chi connectivity index (χ0n) is 18.5. The van der Waals surface area contributed by atoms with Gasteiger partial charge in [0.15, 0.2) is 6.10 Å². The molecule has 2 aliphatic heterocycles. The van der Waals surface area contributed by atoms with Gasteiger partial charge in [-0.15, -0.1) is 0 Å². The van der Waals surface area contributed by atoms with Crippen molar-refractivity contribution in [2.45, 2.75) is 37.7 Å². The van der Waals surface area contributed by atoms with Crippen LogP contribution in [0.25, 0.3) is 0 Å². The summed E-state index contributed by atoms with van der Waals surface area (Å²) in [5.74, 6) is 0.260. The van der Waals surface area contributed by atoms with Crippen LogP contribution in [0.15, 0.2) is 47.4 Å². The highest BCUT2D eigenvalue weighted by Crippen LogP contribution is 2.34. The summed E-state index contributed by atoms with van der Waals surface area (Å²) in [5.41, 5.74) is 0.938. The van der Waals surface area contributed by atoms with Crippen molar-refractivity contribution in [3.8, 4) is 11.5 Å². The van der Waals surface area contributed by atoms with E-state index in [1.165, 1.54) is 16.4 Å². The van der Waals surface area contributed by atoms with Crippen LogP contribution >= 0.6 is 0 Å². The Morgan fingerprint density at radius 2 is 1.94 bits per heavy atom. The third-order valence-electron chi connectivity index (χ3n) is 5.79. The number of rotatable bonds is 6. The minimum absolute atomic E-state index is 0.0771. The SMILES string of the molecule is CCOc1ccccc1NC(=O)C1CCN(S(=O)(=O)c2ccc3c(c2)NC(=O)[C@@H](C)O3)CC1. The molecule has 2 heterocycles. The van der Waals surface area contributed by atoms with Gasteiger partial charge in [-0.05, 0) is 57.0 Å². The lowest BCUT2D eigenvalue weighted by Gasteiger charge is -2.31. The van der Waals surface area contributed by atoms with Crippen molar-refractivity contribution in [3.05, 3.63) is 42.5 Å². The van der Waals surface area contributed by atoms with E-state index in [-0.39, 0.29) is 35.7 Å². The largest absolute Gasteiger partial charge is 0.492 e. The maximum Gasteiger partial charge on any atom is 0.265 e. The third-order valence-corrected chi connectivity index (χ3v) is 7.68. The summed E-state index contributed by atoms with van der Waals surface area (Å²) in [7, 11) is -3.77. The number of ether oxygens (including phenoxy) is 2. The lowest BCUT2D eigenvalue weighted by Crippen LogP contribution is -2.41. The molecule has 2 aromatic carbocycles. The van der Waals surface area contributed by atoms with Gasteiger partial charge < -0.3 is 20.1 Å². The van der Waals surface area contributed by atoms with Crippen molar-refractivity contribution in [1.82, 2.24) is 4.31 Å². The number of hydrogen-bond acceptors (Lipinski definition) is 6. The quantitative estimate of drug-likeness (QED) is 0.667. The zero-order valence-corrected chi connectivity index (χ0v) is 19.4. The number of piperidine rings is 1. The maximum atomic E-state index is 13.2. The fourth-order valence-electron chi connectivity index (χ4n) is 3.94. The summed E-state index contributed by atoms with van der Waals surface area (Å²) in [6.45, 7) is 4.44. The molecule has 9 nitrogen and oxygen atoms in total. The van der Waals surface area contributed by atoms with Gasteiger partial charge in [0.25, 0.3) is 5.91 Å². The Morgan fingerprint density at radius 3 is 2.67 bits per heavy atom. The number of nitrogens with zero attached hydrogens (tertiary/aromatic N) is 1. The molecular formula is C23H27N3O6S. The monoisotopic (exact) mass is 473 g/mol. The highest BCUT2D eigenvalue weighted by Gasteiger charge is 2.33. The van der Waals surface area contributed by atoms with E-state index in [9.17, 15) is 18.0 Å². The predicted octanol–water partition coefficient (Wildman–Crippen LogP) is 2.84. The van der Waals surface area contributed by atoms with Crippen LogP contribution in [0.3, 0.4) is 0 Å². The number of sulfonamides is 1. The van der Waals surface area contributed by atoms with Crippen LogP contribution in [-0.4, -0.2) is 50.3 Å². The molecule has 0 aromatic heterocycles. The molecule has 0 radical (unpaired) electrons. The molecule has 2 amide bonds. The second-order valence-corrected chi connectivity index (χ2v) is 9.94. The molecule has 0 unspecified atom stereocenters. The molecule has 1 saturated heterocycles. The van der Waals surface area contributed by atoms with E-state index < -0.39 is 16.1 Å². The number of nitrogens with one attached hydrogen (secondary N) is 2. The van der Waals surface area contributed by atoms with E-state index in [1.54, 1.807) is 25.1 Å². The number of fused-ring (bicyclic) bond motifs is 1. The van der Waals surface area contributed by atoms with Crippen molar-refractivity contribution >= 4 is 33.2 Å². The molecule has 0 aliphatic carbocycles. The Hall–Kier alpha value is -3.11. The van der Waals surface area contributed by atoms with Gasteiger partial charge in [-0.25, -0.2) is 8.42 Å². The number of hydrogen-bond donors (Lipinski definition) is 2. The maximum absolute atomic E-state index is 13.2. The van der Waals surface area contributed by atoms with Crippen LogP contribution in [0.4, 0.5) is 11.4 Å². The Morgan fingerprint density at radius 1 is 1.21 bits per heavy atom. The number of amides is 2. The van der Waals surface area contributed by atoms with E-state index in [0.29, 0.717) is 42.3 Å². The van der Waals surface area contributed by atoms with Gasteiger partial charge in [0.1, 0.15) is 11.5 Å². The average Bonchev–Trinajstić information content (AvgIpc) is 2.81. The highest BCUT2D eigenvalue weighted by atomic mass is 32.2. The van der Waals surface area contributed by atoms with Gasteiger partial charge in [-0.1, -0.05) is 12.1 Å². The molecular weight excluding hydrogens is 446 g/mol. The predicted molar refractivity (Wildman–Crippen MR) is 123 cm³/mol.